The van der Waals surface area contributed by atoms with Gasteiger partial charge in [-0.2, -0.15) is 0 Å². The van der Waals surface area contributed by atoms with Crippen LogP contribution >= 0.6 is 0 Å². The molecule has 4 nitrogen and oxygen atoms in total. The molecule has 0 aromatic heterocycles. The largest absolute Gasteiger partial charge is 0.481 e. The highest BCUT2D eigenvalue weighted by Gasteiger charge is 2.13. The molecule has 0 saturated heterocycles. The van der Waals surface area contributed by atoms with Crippen LogP contribution in [0.4, 0.5) is 0 Å². The standard InChI is InChI=1S/C27H31NO3/c1-4-11-21(2)22-16-18-24(19-17-22)27(31)28(3)20-25-14-10-9-13-23(25)12-7-5-6-8-15-26(29)30/h4,7,9-14,16-19H,1,5-6,8,15,20H2,2-3H3,(H,29,30)/b12-7+,21-11+. The molecule has 0 aliphatic heterocycles. The van der Waals surface area contributed by atoms with Crippen LogP contribution in [0.1, 0.15) is 59.7 Å². The number of carbonyl (C=O) groups excluding carboxylic acids is 1. The number of carboxylic acids is 1. The van der Waals surface area contributed by atoms with Gasteiger partial charge in [0.05, 0.1) is 0 Å². The smallest absolute Gasteiger partial charge is 0.303 e. The van der Waals surface area contributed by atoms with Crippen molar-refractivity contribution in [2.24, 2.45) is 0 Å². The molecule has 1 N–H and O–H groups in total. The quantitative estimate of drug-likeness (QED) is 0.349. The van der Waals surface area contributed by atoms with Crippen molar-refractivity contribution in [2.45, 2.75) is 39.2 Å². The van der Waals surface area contributed by atoms with Crippen molar-refractivity contribution < 1.29 is 14.7 Å². The van der Waals surface area contributed by atoms with Crippen LogP contribution in [0.5, 0.6) is 0 Å². The van der Waals surface area contributed by atoms with Gasteiger partial charge in [0.2, 0.25) is 0 Å². The molecule has 0 atom stereocenters. The van der Waals surface area contributed by atoms with E-state index >= 15 is 0 Å². The van der Waals surface area contributed by atoms with Gasteiger partial charge in [-0.25, -0.2) is 0 Å². The average molecular weight is 418 g/mol. The van der Waals surface area contributed by atoms with Crippen LogP contribution in [-0.4, -0.2) is 28.9 Å². The Balaban J connectivity index is 2.00. The third-order valence-corrected chi connectivity index (χ3v) is 5.07. The van der Waals surface area contributed by atoms with Crippen molar-refractivity contribution in [1.82, 2.24) is 4.90 Å². The van der Waals surface area contributed by atoms with Crippen LogP contribution in [0.3, 0.4) is 0 Å². The first kappa shape index (κ1) is 23.9. The minimum Gasteiger partial charge on any atom is -0.481 e. The summed E-state index contributed by atoms with van der Waals surface area (Å²) in [6.45, 7) is 6.24. The Morgan fingerprint density at radius 3 is 2.39 bits per heavy atom. The van der Waals surface area contributed by atoms with E-state index in [0.29, 0.717) is 18.5 Å². The number of unbranched alkanes of at least 4 members (excludes halogenated alkanes) is 2. The fourth-order valence-electron chi connectivity index (χ4n) is 3.29. The van der Waals surface area contributed by atoms with Crippen molar-refractivity contribution >= 4 is 23.5 Å². The molecule has 2 aromatic carbocycles. The monoisotopic (exact) mass is 417 g/mol. The maximum atomic E-state index is 12.9. The number of carboxylic acid groups (broad SMARTS) is 1. The molecule has 2 rings (SSSR count). The normalized spacial score (nSPS) is 11.5. The summed E-state index contributed by atoms with van der Waals surface area (Å²) in [4.78, 5) is 25.2. The Hall–Kier alpha value is -3.40. The van der Waals surface area contributed by atoms with Crippen LogP contribution < -0.4 is 0 Å². The Morgan fingerprint density at radius 1 is 1.03 bits per heavy atom. The fourth-order valence-corrected chi connectivity index (χ4v) is 3.29. The Labute approximate surface area is 185 Å². The second-order valence-corrected chi connectivity index (χ2v) is 7.56. The van der Waals surface area contributed by atoms with E-state index in [-0.39, 0.29) is 12.3 Å². The van der Waals surface area contributed by atoms with Gasteiger partial charge >= 0.3 is 5.97 Å². The van der Waals surface area contributed by atoms with E-state index in [4.69, 9.17) is 5.11 Å². The summed E-state index contributed by atoms with van der Waals surface area (Å²) in [5, 5.41) is 8.70. The zero-order chi connectivity index (χ0) is 22.6. The second kappa shape index (κ2) is 12.3. The highest BCUT2D eigenvalue weighted by Crippen LogP contribution is 2.18. The van der Waals surface area contributed by atoms with Gasteiger partial charge in [0.25, 0.3) is 5.91 Å². The lowest BCUT2D eigenvalue weighted by Crippen LogP contribution is -2.26. The molecule has 162 valence electrons. The second-order valence-electron chi connectivity index (χ2n) is 7.56. The van der Waals surface area contributed by atoms with Crippen molar-refractivity contribution in [3.8, 4) is 0 Å². The van der Waals surface area contributed by atoms with E-state index in [9.17, 15) is 9.59 Å². The van der Waals surface area contributed by atoms with E-state index in [0.717, 1.165) is 35.1 Å². The van der Waals surface area contributed by atoms with Crippen molar-refractivity contribution in [1.29, 1.82) is 0 Å². The van der Waals surface area contributed by atoms with E-state index in [1.807, 2.05) is 68.6 Å². The zero-order valence-corrected chi connectivity index (χ0v) is 18.4. The Morgan fingerprint density at radius 2 is 1.71 bits per heavy atom. The van der Waals surface area contributed by atoms with Crippen LogP contribution in [0.2, 0.25) is 0 Å². The number of hydrogen-bond donors (Lipinski definition) is 1. The van der Waals surface area contributed by atoms with Gasteiger partial charge in [-0.3, -0.25) is 9.59 Å². The zero-order valence-electron chi connectivity index (χ0n) is 18.4. The molecule has 0 heterocycles. The highest BCUT2D eigenvalue weighted by atomic mass is 16.4. The van der Waals surface area contributed by atoms with Gasteiger partial charge in [-0.1, -0.05) is 67.3 Å². The maximum absolute atomic E-state index is 12.9. The van der Waals surface area contributed by atoms with E-state index in [2.05, 4.69) is 18.7 Å². The average Bonchev–Trinajstić information content (AvgIpc) is 2.76. The molecule has 0 aliphatic carbocycles. The minimum atomic E-state index is -0.750. The molecular formula is C27H31NO3. The SMILES string of the molecule is C=C/C=C(\C)c1ccc(C(=O)N(C)Cc2ccccc2/C=C/CCCCC(=O)O)cc1. The molecule has 2 aromatic rings. The minimum absolute atomic E-state index is 0.0237. The van der Waals surface area contributed by atoms with Crippen molar-refractivity contribution in [3.05, 3.63) is 95.6 Å². The molecule has 1 amide bonds. The van der Waals surface area contributed by atoms with Gasteiger partial charge in [0.15, 0.2) is 0 Å². The van der Waals surface area contributed by atoms with Gasteiger partial charge in [-0.15, -0.1) is 0 Å². The lowest BCUT2D eigenvalue weighted by molar-refractivity contribution is -0.137. The van der Waals surface area contributed by atoms with Crippen molar-refractivity contribution in [3.63, 3.8) is 0 Å². The molecule has 0 saturated carbocycles. The number of hydrogen-bond acceptors (Lipinski definition) is 2. The summed E-state index contributed by atoms with van der Waals surface area (Å²) >= 11 is 0. The first-order valence-corrected chi connectivity index (χ1v) is 10.5. The molecule has 0 bridgehead atoms. The molecule has 31 heavy (non-hydrogen) atoms. The predicted molar refractivity (Wildman–Crippen MR) is 128 cm³/mol. The molecule has 4 heteroatoms. The summed E-state index contributed by atoms with van der Waals surface area (Å²) in [5.41, 5.74) is 4.97. The predicted octanol–water partition coefficient (Wildman–Crippen LogP) is 6.21. The lowest BCUT2D eigenvalue weighted by atomic mass is 10.0. The van der Waals surface area contributed by atoms with Crippen LogP contribution in [0.15, 0.2) is 73.3 Å². The number of rotatable bonds is 11. The third kappa shape index (κ3) is 7.74. The summed E-state index contributed by atoms with van der Waals surface area (Å²) in [6, 6.07) is 15.6. The number of nitrogens with zero attached hydrogens (tertiary/aromatic N) is 1. The molecule has 0 radical (unpaired) electrons. The highest BCUT2D eigenvalue weighted by molar-refractivity contribution is 5.94. The summed E-state index contributed by atoms with van der Waals surface area (Å²) in [6.07, 6.45) is 10.4. The lowest BCUT2D eigenvalue weighted by Gasteiger charge is -2.19. The molecule has 0 aliphatic rings. The van der Waals surface area contributed by atoms with Crippen molar-refractivity contribution in [2.75, 3.05) is 7.05 Å². The number of benzene rings is 2. The third-order valence-electron chi connectivity index (χ3n) is 5.07. The van der Waals surface area contributed by atoms with E-state index < -0.39 is 5.97 Å². The molecule has 0 unspecified atom stereocenters. The van der Waals surface area contributed by atoms with Gasteiger partial charge < -0.3 is 10.0 Å². The van der Waals surface area contributed by atoms with Crippen LogP contribution in [0.25, 0.3) is 11.6 Å². The van der Waals surface area contributed by atoms with Gasteiger partial charge in [-0.05, 0) is 60.6 Å². The van der Waals surface area contributed by atoms with E-state index in [1.54, 1.807) is 11.0 Å². The summed E-state index contributed by atoms with van der Waals surface area (Å²) in [7, 11) is 1.81. The summed E-state index contributed by atoms with van der Waals surface area (Å²) < 4.78 is 0. The summed E-state index contributed by atoms with van der Waals surface area (Å²) in [5.74, 6) is -0.774. The number of allylic oxidation sites excluding steroid dienone is 4. The van der Waals surface area contributed by atoms with Gasteiger partial charge in [0.1, 0.15) is 0 Å². The topological polar surface area (TPSA) is 57.6 Å². The Kier molecular flexibility index (Phi) is 9.50. The number of aliphatic carboxylic acids is 1. The molecular weight excluding hydrogens is 386 g/mol. The molecule has 0 fully saturated rings. The van der Waals surface area contributed by atoms with Gasteiger partial charge in [0, 0.05) is 25.6 Å². The van der Waals surface area contributed by atoms with Crippen LogP contribution in [0, 0.1) is 0 Å². The first-order chi connectivity index (χ1) is 14.9. The first-order valence-electron chi connectivity index (χ1n) is 10.5. The number of carbonyl (C=O) groups is 2. The maximum Gasteiger partial charge on any atom is 0.303 e. The number of amides is 1. The molecule has 0 spiro atoms. The van der Waals surface area contributed by atoms with E-state index in [1.165, 1.54) is 0 Å². The van der Waals surface area contributed by atoms with Crippen LogP contribution in [-0.2, 0) is 11.3 Å². The Bertz CT molecular complexity index is 955. The fraction of sp³-hybridized carbons (Fsp3) is 0.259.